The van der Waals surface area contributed by atoms with Crippen molar-refractivity contribution in [3.63, 3.8) is 0 Å². The molecule has 0 aliphatic rings. The highest BCUT2D eigenvalue weighted by Crippen LogP contribution is 2.13. The van der Waals surface area contributed by atoms with E-state index in [0.717, 1.165) is 0 Å². The largest absolute Gasteiger partial charge is 0.467 e. The average molecular weight is 422 g/mol. The van der Waals surface area contributed by atoms with Gasteiger partial charge in [-0.05, 0) is 57.4 Å². The third kappa shape index (κ3) is 9.40. The first-order valence-corrected chi connectivity index (χ1v) is 9.55. The van der Waals surface area contributed by atoms with Crippen molar-refractivity contribution in [3.8, 4) is 0 Å². The summed E-state index contributed by atoms with van der Waals surface area (Å²) in [7, 11) is 1.24. The zero-order chi connectivity index (χ0) is 22.9. The number of anilines is 1. The van der Waals surface area contributed by atoms with Gasteiger partial charge in [0.05, 0.1) is 12.7 Å². The van der Waals surface area contributed by atoms with E-state index in [0.29, 0.717) is 12.1 Å². The van der Waals surface area contributed by atoms with E-state index < -0.39 is 42.2 Å². The molecule has 9 nitrogen and oxygen atoms in total. The van der Waals surface area contributed by atoms with Gasteiger partial charge in [0.15, 0.2) is 6.61 Å². The summed E-state index contributed by atoms with van der Waals surface area (Å²) in [4.78, 5) is 47.6. The van der Waals surface area contributed by atoms with E-state index in [1.54, 1.807) is 20.8 Å². The smallest absolute Gasteiger partial charge is 0.412 e. The Kier molecular flexibility index (Phi) is 9.29. The summed E-state index contributed by atoms with van der Waals surface area (Å²) in [6.07, 6.45) is -0.214. The summed E-state index contributed by atoms with van der Waals surface area (Å²) in [6, 6.07) is 5.11. The minimum atomic E-state index is -0.806. The third-order valence-corrected chi connectivity index (χ3v) is 3.63. The summed E-state index contributed by atoms with van der Waals surface area (Å²) in [5.74, 6) is -1.73. The van der Waals surface area contributed by atoms with Gasteiger partial charge < -0.3 is 19.5 Å². The van der Waals surface area contributed by atoms with Crippen LogP contribution in [-0.2, 0) is 23.8 Å². The van der Waals surface area contributed by atoms with Crippen molar-refractivity contribution in [2.45, 2.75) is 52.7 Å². The zero-order valence-corrected chi connectivity index (χ0v) is 18.2. The summed E-state index contributed by atoms with van der Waals surface area (Å²) >= 11 is 0. The van der Waals surface area contributed by atoms with E-state index in [-0.39, 0.29) is 11.5 Å². The van der Waals surface area contributed by atoms with Crippen LogP contribution in [0.1, 0.15) is 51.4 Å². The molecule has 0 heterocycles. The Hall–Kier alpha value is -3.10. The Morgan fingerprint density at radius 1 is 1.03 bits per heavy atom. The predicted octanol–water partition coefficient (Wildman–Crippen LogP) is 2.89. The van der Waals surface area contributed by atoms with Crippen molar-refractivity contribution in [1.29, 1.82) is 0 Å². The van der Waals surface area contributed by atoms with Gasteiger partial charge in [0.25, 0.3) is 5.91 Å². The van der Waals surface area contributed by atoms with Crippen molar-refractivity contribution < 1.29 is 33.4 Å². The number of nitrogens with one attached hydrogen (secondary N) is 2. The number of ether oxygens (including phenoxy) is 3. The molecule has 0 aliphatic carbocycles. The van der Waals surface area contributed by atoms with E-state index in [1.165, 1.54) is 31.4 Å². The van der Waals surface area contributed by atoms with Gasteiger partial charge in [0.1, 0.15) is 11.6 Å². The maximum absolute atomic E-state index is 12.1. The molecule has 0 saturated heterocycles. The van der Waals surface area contributed by atoms with Crippen LogP contribution in [0, 0.1) is 5.92 Å². The molecule has 0 fully saturated rings. The zero-order valence-electron chi connectivity index (χ0n) is 18.2. The number of benzene rings is 1. The normalized spacial score (nSPS) is 12.0. The topological polar surface area (TPSA) is 120 Å². The number of carbonyl (C=O) groups is 4. The highest BCUT2D eigenvalue weighted by molar-refractivity contribution is 5.93. The number of methoxy groups -OCH3 is 1. The Balaban J connectivity index is 2.57. The molecule has 0 bridgehead atoms. The van der Waals surface area contributed by atoms with Crippen LogP contribution in [0.4, 0.5) is 10.5 Å². The lowest BCUT2D eigenvalue weighted by Crippen LogP contribution is -2.44. The lowest BCUT2D eigenvalue weighted by atomic mass is 10.0. The lowest BCUT2D eigenvalue weighted by Gasteiger charge is -2.19. The maximum atomic E-state index is 12.1. The van der Waals surface area contributed by atoms with Gasteiger partial charge in [-0.2, -0.15) is 0 Å². The molecule has 0 aromatic heterocycles. The van der Waals surface area contributed by atoms with Crippen LogP contribution in [0.15, 0.2) is 24.3 Å². The van der Waals surface area contributed by atoms with Gasteiger partial charge in [-0.25, -0.2) is 14.4 Å². The Labute approximate surface area is 176 Å². The fourth-order valence-electron chi connectivity index (χ4n) is 2.39. The highest BCUT2D eigenvalue weighted by Gasteiger charge is 2.23. The first-order chi connectivity index (χ1) is 13.9. The van der Waals surface area contributed by atoms with E-state index in [9.17, 15) is 19.2 Å². The molecule has 9 heteroatoms. The summed E-state index contributed by atoms with van der Waals surface area (Å²) in [6.45, 7) is 8.52. The second-order valence-electron chi connectivity index (χ2n) is 8.05. The molecule has 1 aromatic carbocycles. The van der Waals surface area contributed by atoms with Crippen LogP contribution >= 0.6 is 0 Å². The van der Waals surface area contributed by atoms with Gasteiger partial charge in [0, 0.05) is 5.69 Å². The van der Waals surface area contributed by atoms with Crippen LogP contribution in [0.2, 0.25) is 0 Å². The molecule has 1 aromatic rings. The van der Waals surface area contributed by atoms with Crippen LogP contribution < -0.4 is 10.6 Å². The fraction of sp³-hybridized carbons (Fsp3) is 0.524. The summed E-state index contributed by atoms with van der Waals surface area (Å²) < 4.78 is 14.8. The fourth-order valence-corrected chi connectivity index (χ4v) is 2.39. The van der Waals surface area contributed by atoms with Gasteiger partial charge in [-0.1, -0.05) is 13.8 Å². The first kappa shape index (κ1) is 24.9. The van der Waals surface area contributed by atoms with Gasteiger partial charge in [0.2, 0.25) is 0 Å². The Bertz CT molecular complexity index is 752. The number of amides is 2. The molecular weight excluding hydrogens is 392 g/mol. The predicted molar refractivity (Wildman–Crippen MR) is 110 cm³/mol. The van der Waals surface area contributed by atoms with Crippen LogP contribution in [0.5, 0.6) is 0 Å². The quantitative estimate of drug-likeness (QED) is 0.488. The second kappa shape index (κ2) is 11.2. The van der Waals surface area contributed by atoms with E-state index in [2.05, 4.69) is 15.4 Å². The van der Waals surface area contributed by atoms with Crippen molar-refractivity contribution in [2.75, 3.05) is 19.0 Å². The van der Waals surface area contributed by atoms with Crippen LogP contribution in [0.25, 0.3) is 0 Å². The Morgan fingerprint density at radius 3 is 2.13 bits per heavy atom. The summed E-state index contributed by atoms with van der Waals surface area (Å²) in [5.41, 5.74) is 0.00794. The number of carbonyl (C=O) groups excluding carboxylic acids is 4. The van der Waals surface area contributed by atoms with Crippen LogP contribution in [0.3, 0.4) is 0 Å². The third-order valence-electron chi connectivity index (χ3n) is 3.63. The standard InChI is InChI=1S/C21H30N2O7/c1-13(2)11-16(19(26)28-6)23-17(24)12-29-18(25)14-7-9-15(10-8-14)22-20(27)30-21(3,4)5/h7-10,13,16H,11-12H2,1-6H3,(H,22,27)(H,23,24)/t16-/m0/s1. The number of hydrogen-bond donors (Lipinski definition) is 2. The molecule has 0 unspecified atom stereocenters. The monoisotopic (exact) mass is 422 g/mol. The van der Waals surface area contributed by atoms with E-state index in [4.69, 9.17) is 9.47 Å². The molecule has 30 heavy (non-hydrogen) atoms. The number of rotatable bonds is 8. The van der Waals surface area contributed by atoms with E-state index in [1.807, 2.05) is 13.8 Å². The van der Waals surface area contributed by atoms with Crippen molar-refractivity contribution >= 4 is 29.6 Å². The molecule has 0 saturated carbocycles. The van der Waals surface area contributed by atoms with Gasteiger partial charge >= 0.3 is 18.0 Å². The van der Waals surface area contributed by atoms with Gasteiger partial charge in [-0.3, -0.25) is 10.1 Å². The molecule has 0 radical (unpaired) electrons. The molecule has 2 N–H and O–H groups in total. The average Bonchev–Trinajstić information content (AvgIpc) is 2.63. The SMILES string of the molecule is COC(=O)[C@H](CC(C)C)NC(=O)COC(=O)c1ccc(NC(=O)OC(C)(C)C)cc1. The molecule has 166 valence electrons. The maximum Gasteiger partial charge on any atom is 0.412 e. The molecular formula is C21H30N2O7. The van der Waals surface area contributed by atoms with Gasteiger partial charge in [-0.15, -0.1) is 0 Å². The van der Waals surface area contributed by atoms with Crippen molar-refractivity contribution in [2.24, 2.45) is 5.92 Å². The van der Waals surface area contributed by atoms with E-state index >= 15 is 0 Å². The molecule has 0 aliphatic heterocycles. The molecule has 0 spiro atoms. The molecule has 1 atom stereocenters. The Morgan fingerprint density at radius 2 is 1.63 bits per heavy atom. The number of esters is 2. The minimum absolute atomic E-state index is 0.157. The highest BCUT2D eigenvalue weighted by atomic mass is 16.6. The first-order valence-electron chi connectivity index (χ1n) is 9.55. The second-order valence-corrected chi connectivity index (χ2v) is 8.05. The summed E-state index contributed by atoms with van der Waals surface area (Å²) in [5, 5.41) is 5.05. The molecule has 2 amide bonds. The lowest BCUT2D eigenvalue weighted by molar-refractivity contribution is -0.145. The number of hydrogen-bond acceptors (Lipinski definition) is 7. The van der Waals surface area contributed by atoms with Crippen LogP contribution in [-0.4, -0.2) is 49.3 Å². The molecule has 1 rings (SSSR count). The minimum Gasteiger partial charge on any atom is -0.467 e. The van der Waals surface area contributed by atoms with Crippen molar-refractivity contribution in [1.82, 2.24) is 5.32 Å². The van der Waals surface area contributed by atoms with Crippen molar-refractivity contribution in [3.05, 3.63) is 29.8 Å².